The summed E-state index contributed by atoms with van der Waals surface area (Å²) in [5.74, 6) is 0.163. The lowest BCUT2D eigenvalue weighted by Gasteiger charge is -2.07. The number of rotatable bonds is 2. The molecular formula is C11H9ClN3S. The largest absolute Gasteiger partial charge is 0.282 e. The molecule has 1 aromatic carbocycles. The average Bonchev–Trinajstić information content (AvgIpc) is 2.29. The molecule has 0 saturated heterocycles. The van der Waals surface area contributed by atoms with Crippen LogP contribution in [0.4, 0.5) is 5.82 Å². The van der Waals surface area contributed by atoms with E-state index in [-0.39, 0.29) is 5.82 Å². The maximum atomic E-state index is 7.84. The standard InChI is InChI=1S/C11H9ClN3S/c1-16-11-14-9(12)8(10(13)15-11)7-5-3-2-4-6-7/h2-6,13H,1H3. The number of hydrogen-bond donors (Lipinski definition) is 0. The van der Waals surface area contributed by atoms with Crippen molar-refractivity contribution in [3.05, 3.63) is 35.5 Å². The summed E-state index contributed by atoms with van der Waals surface area (Å²) in [6.07, 6.45) is 1.85. The smallest absolute Gasteiger partial charge is 0.190 e. The second-order valence-corrected chi connectivity index (χ2v) is 4.22. The third-order valence-corrected chi connectivity index (χ3v) is 2.91. The van der Waals surface area contributed by atoms with Crippen LogP contribution in [-0.4, -0.2) is 16.2 Å². The molecule has 16 heavy (non-hydrogen) atoms. The van der Waals surface area contributed by atoms with Gasteiger partial charge in [-0.05, 0) is 11.8 Å². The van der Waals surface area contributed by atoms with Gasteiger partial charge in [0.15, 0.2) is 11.0 Å². The van der Waals surface area contributed by atoms with Crippen LogP contribution in [0.3, 0.4) is 0 Å². The first kappa shape index (κ1) is 11.2. The molecule has 1 heterocycles. The minimum atomic E-state index is 0.163. The monoisotopic (exact) mass is 250 g/mol. The maximum absolute atomic E-state index is 7.84. The van der Waals surface area contributed by atoms with E-state index < -0.39 is 0 Å². The molecule has 0 saturated carbocycles. The van der Waals surface area contributed by atoms with Gasteiger partial charge in [0, 0.05) is 0 Å². The van der Waals surface area contributed by atoms with Gasteiger partial charge < -0.3 is 0 Å². The molecule has 0 amide bonds. The number of benzene rings is 1. The summed E-state index contributed by atoms with van der Waals surface area (Å²) in [5, 5.41) is 0.852. The molecule has 5 heteroatoms. The van der Waals surface area contributed by atoms with Crippen molar-refractivity contribution in [2.45, 2.75) is 5.16 Å². The molecule has 1 aromatic heterocycles. The number of aromatic nitrogens is 2. The molecule has 0 unspecified atom stereocenters. The maximum Gasteiger partial charge on any atom is 0.190 e. The van der Waals surface area contributed by atoms with Crippen LogP contribution in [-0.2, 0) is 0 Å². The molecule has 1 N–H and O–H groups in total. The molecule has 0 aliphatic carbocycles. The third-order valence-electron chi connectivity index (χ3n) is 2.09. The summed E-state index contributed by atoms with van der Waals surface area (Å²) in [6, 6.07) is 9.49. The van der Waals surface area contributed by atoms with Crippen molar-refractivity contribution in [1.29, 1.82) is 0 Å². The van der Waals surface area contributed by atoms with Crippen LogP contribution < -0.4 is 5.73 Å². The molecule has 0 aliphatic rings. The lowest BCUT2D eigenvalue weighted by molar-refractivity contribution is 0.966. The normalized spacial score (nSPS) is 10.4. The molecule has 1 radical (unpaired) electrons. The number of hydrogen-bond acceptors (Lipinski definition) is 3. The van der Waals surface area contributed by atoms with Crippen LogP contribution in [0.1, 0.15) is 0 Å². The molecule has 2 rings (SSSR count). The van der Waals surface area contributed by atoms with Crippen molar-refractivity contribution in [2.75, 3.05) is 6.26 Å². The number of thioether (sulfide) groups is 1. The van der Waals surface area contributed by atoms with E-state index in [0.29, 0.717) is 15.9 Å². The van der Waals surface area contributed by atoms with Crippen LogP contribution in [0.25, 0.3) is 11.1 Å². The molecule has 0 bridgehead atoms. The molecule has 0 fully saturated rings. The highest BCUT2D eigenvalue weighted by Gasteiger charge is 2.12. The Balaban J connectivity index is 2.58. The van der Waals surface area contributed by atoms with E-state index in [0.717, 1.165) is 5.56 Å². The molecule has 0 atom stereocenters. The first-order valence-corrected chi connectivity index (χ1v) is 6.21. The first-order valence-electron chi connectivity index (χ1n) is 4.61. The van der Waals surface area contributed by atoms with Crippen molar-refractivity contribution in [3.63, 3.8) is 0 Å². The van der Waals surface area contributed by atoms with Gasteiger partial charge in [0.25, 0.3) is 0 Å². The predicted octanol–water partition coefficient (Wildman–Crippen LogP) is 3.43. The highest BCUT2D eigenvalue weighted by atomic mass is 35.5. The summed E-state index contributed by atoms with van der Waals surface area (Å²) in [5.41, 5.74) is 9.29. The van der Waals surface area contributed by atoms with E-state index in [1.807, 2.05) is 36.6 Å². The fraction of sp³-hybridized carbons (Fsp3) is 0.0909. The summed E-state index contributed by atoms with van der Waals surface area (Å²) in [6.45, 7) is 0. The fourth-order valence-electron chi connectivity index (χ4n) is 1.37. The van der Waals surface area contributed by atoms with Gasteiger partial charge in [0.1, 0.15) is 5.15 Å². The average molecular weight is 251 g/mol. The summed E-state index contributed by atoms with van der Waals surface area (Å²) in [7, 11) is 0. The van der Waals surface area contributed by atoms with Crippen LogP contribution in [0.15, 0.2) is 35.5 Å². The Hall–Kier alpha value is -1.26. The predicted molar refractivity (Wildman–Crippen MR) is 67.0 cm³/mol. The number of nitrogens with one attached hydrogen (secondary N) is 1. The summed E-state index contributed by atoms with van der Waals surface area (Å²) >= 11 is 7.44. The molecule has 0 aliphatic heterocycles. The number of nitrogens with zero attached hydrogens (tertiary/aromatic N) is 2. The Morgan fingerprint density at radius 1 is 1.19 bits per heavy atom. The fourth-order valence-corrected chi connectivity index (χ4v) is 2.06. The van der Waals surface area contributed by atoms with Gasteiger partial charge in [-0.3, -0.25) is 5.73 Å². The quantitative estimate of drug-likeness (QED) is 0.466. The van der Waals surface area contributed by atoms with E-state index in [9.17, 15) is 0 Å². The van der Waals surface area contributed by atoms with Gasteiger partial charge in [-0.25, -0.2) is 9.97 Å². The Morgan fingerprint density at radius 2 is 1.88 bits per heavy atom. The minimum Gasteiger partial charge on any atom is -0.282 e. The molecule has 2 aromatic rings. The van der Waals surface area contributed by atoms with Crippen LogP contribution >= 0.6 is 23.4 Å². The van der Waals surface area contributed by atoms with Crippen molar-refractivity contribution in [3.8, 4) is 11.1 Å². The van der Waals surface area contributed by atoms with Crippen LogP contribution in [0, 0.1) is 0 Å². The van der Waals surface area contributed by atoms with E-state index >= 15 is 0 Å². The lowest BCUT2D eigenvalue weighted by Crippen LogP contribution is -1.93. The first-order chi connectivity index (χ1) is 7.72. The highest BCUT2D eigenvalue weighted by molar-refractivity contribution is 7.98. The molecule has 0 spiro atoms. The SMILES string of the molecule is CSc1nc([NH])c(-c2ccccc2)c(Cl)n1. The Labute approximate surface area is 103 Å². The van der Waals surface area contributed by atoms with Gasteiger partial charge in [-0.2, -0.15) is 0 Å². The zero-order valence-corrected chi connectivity index (χ0v) is 10.1. The third kappa shape index (κ3) is 2.13. The molecule has 3 nitrogen and oxygen atoms in total. The lowest BCUT2D eigenvalue weighted by atomic mass is 10.1. The minimum absolute atomic E-state index is 0.163. The summed E-state index contributed by atoms with van der Waals surface area (Å²) < 4.78 is 0. The van der Waals surface area contributed by atoms with E-state index in [2.05, 4.69) is 9.97 Å². The summed E-state index contributed by atoms with van der Waals surface area (Å²) in [4.78, 5) is 8.19. The van der Waals surface area contributed by atoms with Crippen LogP contribution in [0.2, 0.25) is 5.15 Å². The highest BCUT2D eigenvalue weighted by Crippen LogP contribution is 2.32. The van der Waals surface area contributed by atoms with Gasteiger partial charge in [0.2, 0.25) is 0 Å². The Kier molecular flexibility index (Phi) is 3.31. The van der Waals surface area contributed by atoms with Crippen LogP contribution in [0.5, 0.6) is 0 Å². The van der Waals surface area contributed by atoms with Gasteiger partial charge in [-0.1, -0.05) is 53.7 Å². The van der Waals surface area contributed by atoms with Gasteiger partial charge in [0.05, 0.1) is 5.56 Å². The molecular weight excluding hydrogens is 242 g/mol. The van der Waals surface area contributed by atoms with E-state index in [1.54, 1.807) is 0 Å². The second-order valence-electron chi connectivity index (χ2n) is 3.09. The van der Waals surface area contributed by atoms with Gasteiger partial charge in [-0.15, -0.1) is 0 Å². The van der Waals surface area contributed by atoms with Crippen molar-refractivity contribution >= 4 is 29.2 Å². The Morgan fingerprint density at radius 3 is 2.44 bits per heavy atom. The van der Waals surface area contributed by atoms with Crippen molar-refractivity contribution in [1.82, 2.24) is 15.7 Å². The zero-order valence-electron chi connectivity index (χ0n) is 8.57. The van der Waals surface area contributed by atoms with E-state index in [4.69, 9.17) is 17.3 Å². The molecule has 81 valence electrons. The zero-order chi connectivity index (χ0) is 11.5. The topological polar surface area (TPSA) is 49.6 Å². The van der Waals surface area contributed by atoms with Gasteiger partial charge >= 0.3 is 0 Å². The van der Waals surface area contributed by atoms with E-state index in [1.165, 1.54) is 11.8 Å². The second kappa shape index (κ2) is 4.72. The van der Waals surface area contributed by atoms with Crippen molar-refractivity contribution in [2.24, 2.45) is 0 Å². The van der Waals surface area contributed by atoms with Crippen molar-refractivity contribution < 1.29 is 0 Å². The number of halogens is 1. The Bertz CT molecular complexity index is 479.